The lowest BCUT2D eigenvalue weighted by Gasteiger charge is -2.13. The predicted octanol–water partition coefficient (Wildman–Crippen LogP) is -0.112. The number of nitrogens with one attached hydrogen (secondary N) is 2. The Balaban J connectivity index is 2.33. The van der Waals surface area contributed by atoms with Crippen molar-refractivity contribution in [2.24, 2.45) is 0 Å². The smallest absolute Gasteiger partial charge is 0.237 e. The molecule has 2 atom stereocenters. The fraction of sp³-hybridized carbons (Fsp3) is 0.889. The summed E-state index contributed by atoms with van der Waals surface area (Å²) < 4.78 is 5.15. The molecule has 1 saturated heterocycles. The Labute approximate surface area is 79.0 Å². The number of amides is 1. The zero-order valence-corrected chi connectivity index (χ0v) is 8.46. The number of hydrogen-bond acceptors (Lipinski definition) is 3. The summed E-state index contributed by atoms with van der Waals surface area (Å²) in [4.78, 5) is 11.5. The van der Waals surface area contributed by atoms with Gasteiger partial charge in [-0.25, -0.2) is 0 Å². The number of hydrogen-bond donors (Lipinski definition) is 2. The zero-order valence-electron chi connectivity index (χ0n) is 8.46. The summed E-state index contributed by atoms with van der Waals surface area (Å²) in [6.45, 7) is 4.69. The highest BCUT2D eigenvalue weighted by molar-refractivity contribution is 5.82. The highest BCUT2D eigenvalue weighted by atomic mass is 16.5. The van der Waals surface area contributed by atoms with Gasteiger partial charge in [-0.2, -0.15) is 0 Å². The van der Waals surface area contributed by atoms with E-state index in [0.29, 0.717) is 0 Å². The number of ether oxygens (including phenoxy) is 1. The molecule has 1 aliphatic rings. The number of carbonyl (C=O) groups excluding carboxylic acids is 1. The molecule has 0 radical (unpaired) electrons. The van der Waals surface area contributed by atoms with Gasteiger partial charge in [0.1, 0.15) is 0 Å². The second kappa shape index (κ2) is 4.58. The molecule has 0 aromatic heterocycles. The summed E-state index contributed by atoms with van der Waals surface area (Å²) in [6.07, 6.45) is 0.956. The van der Waals surface area contributed by atoms with Crippen LogP contribution < -0.4 is 10.6 Å². The van der Waals surface area contributed by atoms with Crippen LogP contribution in [-0.4, -0.2) is 37.7 Å². The van der Waals surface area contributed by atoms with Crippen LogP contribution in [0.3, 0.4) is 0 Å². The summed E-state index contributed by atoms with van der Waals surface area (Å²) >= 11 is 0. The summed E-state index contributed by atoms with van der Waals surface area (Å²) in [6, 6.07) is 0.128. The van der Waals surface area contributed by atoms with E-state index in [1.807, 2.05) is 13.8 Å². The molecule has 0 unspecified atom stereocenters. The van der Waals surface area contributed by atoms with Crippen molar-refractivity contribution in [2.45, 2.75) is 38.5 Å². The van der Waals surface area contributed by atoms with Crippen LogP contribution in [0.1, 0.15) is 20.3 Å². The fourth-order valence-electron chi connectivity index (χ4n) is 1.47. The van der Waals surface area contributed by atoms with Crippen LogP contribution >= 0.6 is 0 Å². The molecule has 4 nitrogen and oxygen atoms in total. The second-order valence-corrected chi connectivity index (χ2v) is 3.72. The maximum absolute atomic E-state index is 11.5. The molecule has 0 aliphatic carbocycles. The molecule has 1 heterocycles. The molecule has 1 fully saturated rings. The third kappa shape index (κ3) is 2.97. The molecule has 13 heavy (non-hydrogen) atoms. The first-order valence-corrected chi connectivity index (χ1v) is 4.70. The van der Waals surface area contributed by atoms with Crippen molar-refractivity contribution in [1.82, 2.24) is 10.6 Å². The lowest BCUT2D eigenvalue weighted by molar-refractivity contribution is -0.123. The van der Waals surface area contributed by atoms with Crippen LogP contribution in [-0.2, 0) is 9.53 Å². The van der Waals surface area contributed by atoms with Gasteiger partial charge in [-0.1, -0.05) is 0 Å². The second-order valence-electron chi connectivity index (χ2n) is 3.72. The minimum atomic E-state index is -0.0765. The summed E-state index contributed by atoms with van der Waals surface area (Å²) in [7, 11) is 1.68. The van der Waals surface area contributed by atoms with Crippen molar-refractivity contribution >= 4 is 5.91 Å². The molecule has 2 N–H and O–H groups in total. The van der Waals surface area contributed by atoms with Crippen molar-refractivity contribution in [1.29, 1.82) is 0 Å². The standard InChI is InChI=1S/C9H18N2O2/c1-6(2)11-9(12)8-4-7(13-3)5-10-8/h6-8,10H,4-5H2,1-3H3,(H,11,12)/t7-,8+/m1/s1. The van der Waals surface area contributed by atoms with E-state index in [9.17, 15) is 4.79 Å². The fourth-order valence-corrected chi connectivity index (χ4v) is 1.47. The third-order valence-corrected chi connectivity index (χ3v) is 2.17. The lowest BCUT2D eigenvalue weighted by Crippen LogP contribution is -2.43. The van der Waals surface area contributed by atoms with E-state index in [4.69, 9.17) is 4.74 Å². The molecule has 1 rings (SSSR count). The molecule has 1 amide bonds. The van der Waals surface area contributed by atoms with Crippen LogP contribution in [0, 0.1) is 0 Å². The van der Waals surface area contributed by atoms with Gasteiger partial charge in [0.05, 0.1) is 12.1 Å². The van der Waals surface area contributed by atoms with E-state index < -0.39 is 0 Å². The molecule has 4 heteroatoms. The monoisotopic (exact) mass is 186 g/mol. The molecular formula is C9H18N2O2. The molecule has 0 bridgehead atoms. The first kappa shape index (κ1) is 10.5. The van der Waals surface area contributed by atoms with Crippen LogP contribution in [0.2, 0.25) is 0 Å². The van der Waals surface area contributed by atoms with Crippen LogP contribution in [0.15, 0.2) is 0 Å². The zero-order chi connectivity index (χ0) is 9.84. The highest BCUT2D eigenvalue weighted by Gasteiger charge is 2.29. The van der Waals surface area contributed by atoms with Gasteiger partial charge < -0.3 is 15.4 Å². The van der Waals surface area contributed by atoms with Gasteiger partial charge in [0.2, 0.25) is 5.91 Å². The van der Waals surface area contributed by atoms with E-state index in [-0.39, 0.29) is 24.1 Å². The van der Waals surface area contributed by atoms with Crippen LogP contribution in [0.25, 0.3) is 0 Å². The van der Waals surface area contributed by atoms with Crippen molar-refractivity contribution in [2.75, 3.05) is 13.7 Å². The number of methoxy groups -OCH3 is 1. The van der Waals surface area contributed by atoms with E-state index in [2.05, 4.69) is 10.6 Å². The minimum Gasteiger partial charge on any atom is -0.380 e. The Morgan fingerprint density at radius 3 is 2.77 bits per heavy atom. The van der Waals surface area contributed by atoms with Gasteiger partial charge in [0.15, 0.2) is 0 Å². The largest absolute Gasteiger partial charge is 0.380 e. The summed E-state index contributed by atoms with van der Waals surface area (Å²) in [5.74, 6) is 0.0783. The first-order chi connectivity index (χ1) is 6.13. The van der Waals surface area contributed by atoms with Crippen LogP contribution in [0.5, 0.6) is 0 Å². The molecule has 0 spiro atoms. The van der Waals surface area contributed by atoms with Crippen molar-refractivity contribution in [3.05, 3.63) is 0 Å². The topological polar surface area (TPSA) is 50.4 Å². The lowest BCUT2D eigenvalue weighted by atomic mass is 10.2. The quantitative estimate of drug-likeness (QED) is 0.646. The van der Waals surface area contributed by atoms with Gasteiger partial charge >= 0.3 is 0 Å². The SMILES string of the molecule is CO[C@H]1CN[C@H](C(=O)NC(C)C)C1. The average Bonchev–Trinajstić information content (AvgIpc) is 2.50. The first-order valence-electron chi connectivity index (χ1n) is 4.70. The van der Waals surface area contributed by atoms with Crippen molar-refractivity contribution in [3.8, 4) is 0 Å². The highest BCUT2D eigenvalue weighted by Crippen LogP contribution is 2.09. The predicted molar refractivity (Wildman–Crippen MR) is 50.5 cm³/mol. The Bertz CT molecular complexity index is 182. The molecule has 1 aliphatic heterocycles. The molecule has 0 aromatic rings. The van der Waals surface area contributed by atoms with Crippen LogP contribution in [0.4, 0.5) is 0 Å². The van der Waals surface area contributed by atoms with Crippen molar-refractivity contribution < 1.29 is 9.53 Å². The van der Waals surface area contributed by atoms with Crippen molar-refractivity contribution in [3.63, 3.8) is 0 Å². The summed E-state index contributed by atoms with van der Waals surface area (Å²) in [5.41, 5.74) is 0. The molecule has 0 aromatic carbocycles. The number of carbonyl (C=O) groups is 1. The van der Waals surface area contributed by atoms with E-state index in [0.717, 1.165) is 13.0 Å². The molecule has 76 valence electrons. The van der Waals surface area contributed by atoms with Gasteiger partial charge in [-0.15, -0.1) is 0 Å². The maximum atomic E-state index is 11.5. The van der Waals surface area contributed by atoms with Gasteiger partial charge in [-0.05, 0) is 20.3 Å². The minimum absolute atomic E-state index is 0.0765. The van der Waals surface area contributed by atoms with E-state index in [1.165, 1.54) is 0 Å². The number of rotatable bonds is 3. The Kier molecular flexibility index (Phi) is 3.69. The van der Waals surface area contributed by atoms with Gasteiger partial charge in [-0.3, -0.25) is 4.79 Å². The average molecular weight is 186 g/mol. The Morgan fingerprint density at radius 1 is 1.62 bits per heavy atom. The Hall–Kier alpha value is -0.610. The summed E-state index contributed by atoms with van der Waals surface area (Å²) in [5, 5.41) is 6.00. The molecule has 0 saturated carbocycles. The Morgan fingerprint density at radius 2 is 2.31 bits per heavy atom. The van der Waals surface area contributed by atoms with Gasteiger partial charge in [0.25, 0.3) is 0 Å². The van der Waals surface area contributed by atoms with E-state index in [1.54, 1.807) is 7.11 Å². The normalized spacial score (nSPS) is 28.0. The van der Waals surface area contributed by atoms with E-state index >= 15 is 0 Å². The maximum Gasteiger partial charge on any atom is 0.237 e. The molecular weight excluding hydrogens is 168 g/mol. The van der Waals surface area contributed by atoms with Gasteiger partial charge in [0, 0.05) is 19.7 Å². The third-order valence-electron chi connectivity index (χ3n) is 2.17.